The maximum absolute atomic E-state index is 11.2. The van der Waals surface area contributed by atoms with Crippen molar-refractivity contribution in [3.8, 4) is 0 Å². The lowest BCUT2D eigenvalue weighted by atomic mass is 9.97. The van der Waals surface area contributed by atoms with Gasteiger partial charge in [0.05, 0.1) is 4.92 Å². The second-order valence-corrected chi connectivity index (χ2v) is 5.48. The highest BCUT2D eigenvalue weighted by Gasteiger charge is 2.24. The van der Waals surface area contributed by atoms with Crippen molar-refractivity contribution in [3.05, 3.63) is 62.7 Å². The highest BCUT2D eigenvalue weighted by atomic mass is 35.5. The highest BCUT2D eigenvalue weighted by molar-refractivity contribution is 6.31. The number of nitro benzene ring substituents is 1. The number of nitro groups is 1. The van der Waals surface area contributed by atoms with Crippen molar-refractivity contribution in [2.24, 2.45) is 0 Å². The number of nitrogens with zero attached hydrogens (tertiary/aromatic N) is 2. The molecule has 0 saturated heterocycles. The van der Waals surface area contributed by atoms with Crippen LogP contribution in [0, 0.1) is 10.1 Å². The van der Waals surface area contributed by atoms with Gasteiger partial charge in [0, 0.05) is 29.9 Å². The predicted molar refractivity (Wildman–Crippen MR) is 83.7 cm³/mol. The molecule has 0 amide bonds. The van der Waals surface area contributed by atoms with E-state index in [9.17, 15) is 10.1 Å². The van der Waals surface area contributed by atoms with E-state index in [4.69, 9.17) is 17.3 Å². The Morgan fingerprint density at radius 1 is 1.29 bits per heavy atom. The SMILES string of the molecule is Nc1cccc2c1CCN(c1cc(Cl)ccc1[N+](=O)[O-])C2. The summed E-state index contributed by atoms with van der Waals surface area (Å²) in [6.45, 7) is 1.28. The summed E-state index contributed by atoms with van der Waals surface area (Å²) in [5, 5.41) is 11.7. The van der Waals surface area contributed by atoms with E-state index >= 15 is 0 Å². The molecular formula is C15H14ClN3O2. The van der Waals surface area contributed by atoms with Crippen LogP contribution in [0.1, 0.15) is 11.1 Å². The molecule has 0 fully saturated rings. The van der Waals surface area contributed by atoms with Crippen molar-refractivity contribution < 1.29 is 4.92 Å². The van der Waals surface area contributed by atoms with Gasteiger partial charge in [-0.3, -0.25) is 10.1 Å². The number of fused-ring (bicyclic) bond motifs is 1. The average Bonchev–Trinajstić information content (AvgIpc) is 2.46. The molecular weight excluding hydrogens is 290 g/mol. The van der Waals surface area contributed by atoms with E-state index in [1.807, 2.05) is 23.1 Å². The summed E-state index contributed by atoms with van der Waals surface area (Å²) in [6, 6.07) is 10.4. The number of hydrogen-bond acceptors (Lipinski definition) is 4. The molecule has 0 spiro atoms. The van der Waals surface area contributed by atoms with Gasteiger partial charge >= 0.3 is 0 Å². The van der Waals surface area contributed by atoms with Crippen molar-refractivity contribution in [2.75, 3.05) is 17.2 Å². The molecule has 0 atom stereocenters. The van der Waals surface area contributed by atoms with Crippen LogP contribution in [0.4, 0.5) is 17.1 Å². The minimum atomic E-state index is -0.374. The van der Waals surface area contributed by atoms with Gasteiger partial charge in [-0.1, -0.05) is 23.7 Å². The van der Waals surface area contributed by atoms with Crippen molar-refractivity contribution in [1.29, 1.82) is 0 Å². The quantitative estimate of drug-likeness (QED) is 0.524. The molecule has 2 aromatic carbocycles. The van der Waals surface area contributed by atoms with E-state index in [1.54, 1.807) is 12.1 Å². The lowest BCUT2D eigenvalue weighted by Gasteiger charge is -2.31. The van der Waals surface area contributed by atoms with Crippen molar-refractivity contribution in [2.45, 2.75) is 13.0 Å². The number of anilines is 2. The van der Waals surface area contributed by atoms with Gasteiger partial charge in [0.25, 0.3) is 5.69 Å². The summed E-state index contributed by atoms with van der Waals surface area (Å²) < 4.78 is 0. The fourth-order valence-corrected chi connectivity index (χ4v) is 2.92. The zero-order valence-electron chi connectivity index (χ0n) is 11.3. The fourth-order valence-electron chi connectivity index (χ4n) is 2.75. The van der Waals surface area contributed by atoms with Gasteiger partial charge in [0.2, 0.25) is 0 Å². The lowest BCUT2D eigenvalue weighted by molar-refractivity contribution is -0.384. The van der Waals surface area contributed by atoms with Crippen molar-refractivity contribution in [3.63, 3.8) is 0 Å². The van der Waals surface area contributed by atoms with Crippen LogP contribution in [0.25, 0.3) is 0 Å². The molecule has 108 valence electrons. The van der Waals surface area contributed by atoms with Crippen LogP contribution in [-0.4, -0.2) is 11.5 Å². The molecule has 1 heterocycles. The summed E-state index contributed by atoms with van der Waals surface area (Å²) in [7, 11) is 0. The molecule has 6 heteroatoms. The Morgan fingerprint density at radius 2 is 2.10 bits per heavy atom. The first kappa shape index (κ1) is 13.7. The second-order valence-electron chi connectivity index (χ2n) is 5.05. The summed E-state index contributed by atoms with van der Waals surface area (Å²) in [4.78, 5) is 12.8. The van der Waals surface area contributed by atoms with Crippen molar-refractivity contribution in [1.82, 2.24) is 0 Å². The fraction of sp³-hybridized carbons (Fsp3) is 0.200. The summed E-state index contributed by atoms with van der Waals surface area (Å²) >= 11 is 6.00. The normalized spacial score (nSPS) is 13.9. The molecule has 0 aliphatic carbocycles. The standard InChI is InChI=1S/C15H14ClN3O2/c16-11-4-5-14(19(20)21)15(8-11)18-7-6-12-10(9-18)2-1-3-13(12)17/h1-5,8H,6-7,9,17H2. The number of halogens is 1. The molecule has 2 aromatic rings. The molecule has 0 aromatic heterocycles. The number of hydrogen-bond donors (Lipinski definition) is 1. The molecule has 1 aliphatic rings. The second kappa shape index (κ2) is 5.26. The molecule has 0 unspecified atom stereocenters. The minimum Gasteiger partial charge on any atom is -0.398 e. The van der Waals surface area contributed by atoms with Crippen LogP contribution >= 0.6 is 11.6 Å². The van der Waals surface area contributed by atoms with Gasteiger partial charge in [-0.25, -0.2) is 0 Å². The van der Waals surface area contributed by atoms with Crippen LogP contribution in [0.15, 0.2) is 36.4 Å². The number of nitrogens with two attached hydrogens (primary N) is 1. The number of nitrogen functional groups attached to an aromatic ring is 1. The molecule has 3 rings (SSSR count). The number of benzene rings is 2. The van der Waals surface area contributed by atoms with Gasteiger partial charge in [-0.2, -0.15) is 0 Å². The molecule has 21 heavy (non-hydrogen) atoms. The first-order chi connectivity index (χ1) is 10.1. The Labute approximate surface area is 127 Å². The minimum absolute atomic E-state index is 0.0757. The first-order valence-electron chi connectivity index (χ1n) is 6.61. The van der Waals surface area contributed by atoms with E-state index < -0.39 is 0 Å². The van der Waals surface area contributed by atoms with Crippen molar-refractivity contribution >= 4 is 28.7 Å². The third kappa shape index (κ3) is 2.52. The van der Waals surface area contributed by atoms with E-state index in [-0.39, 0.29) is 10.6 Å². The average molecular weight is 304 g/mol. The Kier molecular flexibility index (Phi) is 3.43. The largest absolute Gasteiger partial charge is 0.398 e. The predicted octanol–water partition coefficient (Wildman–Crippen LogP) is 3.39. The number of rotatable bonds is 2. The van der Waals surface area contributed by atoms with Gasteiger partial charge in [0.1, 0.15) is 5.69 Å². The van der Waals surface area contributed by atoms with Crippen LogP contribution in [0.5, 0.6) is 0 Å². The first-order valence-corrected chi connectivity index (χ1v) is 6.99. The van der Waals surface area contributed by atoms with Gasteiger partial charge in [0.15, 0.2) is 0 Å². The zero-order chi connectivity index (χ0) is 15.0. The van der Waals surface area contributed by atoms with Crippen LogP contribution < -0.4 is 10.6 Å². The van der Waals surface area contributed by atoms with Crippen LogP contribution in [0.3, 0.4) is 0 Å². The van der Waals surface area contributed by atoms with Crippen LogP contribution in [0.2, 0.25) is 5.02 Å². The van der Waals surface area contributed by atoms with E-state index in [1.165, 1.54) is 6.07 Å². The summed E-state index contributed by atoms with van der Waals surface area (Å²) in [5.74, 6) is 0. The molecule has 5 nitrogen and oxygen atoms in total. The van der Waals surface area contributed by atoms with Crippen LogP contribution in [-0.2, 0) is 13.0 Å². The molecule has 2 N–H and O–H groups in total. The maximum atomic E-state index is 11.2. The Hall–Kier alpha value is -2.27. The maximum Gasteiger partial charge on any atom is 0.292 e. The van der Waals surface area contributed by atoms with Gasteiger partial charge in [-0.05, 0) is 35.7 Å². The zero-order valence-corrected chi connectivity index (χ0v) is 12.0. The van der Waals surface area contributed by atoms with Gasteiger partial charge < -0.3 is 10.6 Å². The Balaban J connectivity index is 2.00. The summed E-state index contributed by atoms with van der Waals surface area (Å²) in [5.41, 5.74) is 9.64. The Morgan fingerprint density at radius 3 is 2.86 bits per heavy atom. The van der Waals surface area contributed by atoms with E-state index in [2.05, 4.69) is 0 Å². The topological polar surface area (TPSA) is 72.4 Å². The summed E-state index contributed by atoms with van der Waals surface area (Å²) in [6.07, 6.45) is 0.770. The third-order valence-electron chi connectivity index (χ3n) is 3.78. The molecule has 1 aliphatic heterocycles. The monoisotopic (exact) mass is 303 g/mol. The third-order valence-corrected chi connectivity index (χ3v) is 4.01. The molecule has 0 bridgehead atoms. The Bertz CT molecular complexity index is 718. The molecule has 0 radical (unpaired) electrons. The highest BCUT2D eigenvalue weighted by Crippen LogP contribution is 2.35. The van der Waals surface area contributed by atoms with E-state index in [0.717, 1.165) is 23.2 Å². The van der Waals surface area contributed by atoms with Gasteiger partial charge in [-0.15, -0.1) is 0 Å². The smallest absolute Gasteiger partial charge is 0.292 e. The lowest BCUT2D eigenvalue weighted by Crippen LogP contribution is -2.31. The molecule has 0 saturated carbocycles. The van der Waals surface area contributed by atoms with E-state index in [0.29, 0.717) is 23.8 Å².